The Bertz CT molecular complexity index is 574. The molecule has 0 aliphatic heterocycles. The minimum atomic E-state index is -1.51. The lowest BCUT2D eigenvalue weighted by Crippen LogP contribution is -1.95. The Morgan fingerprint density at radius 1 is 1.28 bits per heavy atom. The van der Waals surface area contributed by atoms with Crippen molar-refractivity contribution < 1.29 is 13.2 Å². The lowest BCUT2D eigenvalue weighted by molar-refractivity contribution is 0.447. The molecule has 0 unspecified atom stereocenters. The Morgan fingerprint density at radius 3 is 2.50 bits per heavy atom. The molecule has 0 radical (unpaired) electrons. The van der Waals surface area contributed by atoms with Crippen molar-refractivity contribution in [1.29, 1.82) is 0 Å². The van der Waals surface area contributed by atoms with Gasteiger partial charge in [-0.3, -0.25) is 5.43 Å². The molecule has 4 nitrogen and oxygen atoms in total. The molecular formula is C10H7F3N4S. The van der Waals surface area contributed by atoms with E-state index in [-0.39, 0.29) is 5.56 Å². The summed E-state index contributed by atoms with van der Waals surface area (Å²) < 4.78 is 38.4. The summed E-state index contributed by atoms with van der Waals surface area (Å²) in [4.78, 5) is 3.85. The first-order chi connectivity index (χ1) is 8.56. The van der Waals surface area contributed by atoms with Gasteiger partial charge in [0.25, 0.3) is 0 Å². The fourth-order valence-corrected chi connectivity index (χ4v) is 1.70. The average molecular weight is 272 g/mol. The largest absolute Gasteiger partial charge is 0.383 e. The van der Waals surface area contributed by atoms with Gasteiger partial charge in [0, 0.05) is 10.9 Å². The maximum Gasteiger partial charge on any atom is 0.205 e. The van der Waals surface area contributed by atoms with Crippen LogP contribution in [0.25, 0.3) is 0 Å². The Morgan fingerprint density at radius 2 is 1.94 bits per heavy atom. The van der Waals surface area contributed by atoms with E-state index in [1.807, 2.05) is 0 Å². The highest BCUT2D eigenvalue weighted by molar-refractivity contribution is 7.14. The van der Waals surface area contributed by atoms with E-state index in [1.165, 1.54) is 11.3 Å². The normalized spacial score (nSPS) is 11.1. The molecule has 2 aromatic rings. The third-order valence-electron chi connectivity index (χ3n) is 1.90. The number of hydrogen-bond acceptors (Lipinski definition) is 5. The maximum absolute atomic E-state index is 12.9. The molecule has 0 atom stereocenters. The van der Waals surface area contributed by atoms with Gasteiger partial charge in [-0.1, -0.05) is 0 Å². The van der Waals surface area contributed by atoms with Crippen molar-refractivity contribution in [3.8, 4) is 0 Å². The molecule has 0 amide bonds. The summed E-state index contributed by atoms with van der Waals surface area (Å²) in [6.07, 6.45) is 1.14. The molecule has 0 bridgehead atoms. The van der Waals surface area contributed by atoms with E-state index >= 15 is 0 Å². The van der Waals surface area contributed by atoms with Gasteiger partial charge < -0.3 is 5.73 Å². The molecule has 0 aliphatic rings. The first-order valence-corrected chi connectivity index (χ1v) is 5.59. The molecular weight excluding hydrogens is 265 g/mol. The summed E-state index contributed by atoms with van der Waals surface area (Å²) in [6.45, 7) is 0. The highest BCUT2D eigenvalue weighted by Gasteiger charge is 2.09. The number of hydrazone groups is 1. The van der Waals surface area contributed by atoms with E-state index in [4.69, 9.17) is 5.73 Å². The molecule has 1 aromatic heterocycles. The number of thiazole rings is 1. The van der Waals surface area contributed by atoms with Crippen LogP contribution in [0.3, 0.4) is 0 Å². The number of hydrogen-bond donors (Lipinski definition) is 2. The Kier molecular flexibility index (Phi) is 3.47. The van der Waals surface area contributed by atoms with Crippen molar-refractivity contribution in [3.63, 3.8) is 0 Å². The summed E-state index contributed by atoms with van der Waals surface area (Å²) in [6, 6.07) is 1.67. The zero-order valence-electron chi connectivity index (χ0n) is 8.82. The Labute approximate surface area is 104 Å². The van der Waals surface area contributed by atoms with Crippen LogP contribution < -0.4 is 11.2 Å². The van der Waals surface area contributed by atoms with Gasteiger partial charge in [-0.2, -0.15) is 5.10 Å². The first kappa shape index (κ1) is 12.4. The van der Waals surface area contributed by atoms with Gasteiger partial charge >= 0.3 is 0 Å². The monoisotopic (exact) mass is 272 g/mol. The molecule has 0 aliphatic carbocycles. The van der Waals surface area contributed by atoms with Crippen molar-refractivity contribution in [2.24, 2.45) is 5.10 Å². The molecule has 3 N–H and O–H groups in total. The number of anilines is 2. The van der Waals surface area contributed by atoms with E-state index in [0.717, 1.165) is 18.3 Å². The topological polar surface area (TPSA) is 63.3 Å². The summed E-state index contributed by atoms with van der Waals surface area (Å²) >= 11 is 1.22. The quantitative estimate of drug-likeness (QED) is 0.513. The number of aromatic nitrogens is 1. The van der Waals surface area contributed by atoms with E-state index in [2.05, 4.69) is 15.5 Å². The molecule has 1 aromatic carbocycles. The second-order valence-corrected chi connectivity index (χ2v) is 4.10. The summed E-state index contributed by atoms with van der Waals surface area (Å²) in [5, 5.41) is 5.74. The molecule has 0 saturated heterocycles. The number of benzene rings is 1. The molecule has 0 spiro atoms. The maximum atomic E-state index is 12.9. The zero-order chi connectivity index (χ0) is 13.1. The Hall–Kier alpha value is -2.09. The molecule has 18 heavy (non-hydrogen) atoms. The van der Waals surface area contributed by atoms with Crippen LogP contribution in [-0.2, 0) is 0 Å². The number of nitrogen functional groups attached to an aromatic ring is 1. The third-order valence-corrected chi connectivity index (χ3v) is 2.67. The molecule has 8 heteroatoms. The fraction of sp³-hybridized carbons (Fsp3) is 0. The lowest BCUT2D eigenvalue weighted by atomic mass is 10.2. The molecule has 94 valence electrons. The standard InChI is InChI=1S/C10H7F3N4S/c11-6-1-5(2-7(12)9(6)13)3-15-17-10-16-8(14)4-18-10/h1-4H,14H2,(H,16,17). The lowest BCUT2D eigenvalue weighted by Gasteiger charge is -1.98. The van der Waals surface area contributed by atoms with Crippen molar-refractivity contribution in [2.45, 2.75) is 0 Å². The summed E-state index contributed by atoms with van der Waals surface area (Å²) in [5.74, 6) is -3.70. The second-order valence-electron chi connectivity index (χ2n) is 3.25. The van der Waals surface area contributed by atoms with Crippen LogP contribution in [0, 0.1) is 17.5 Å². The van der Waals surface area contributed by atoms with Crippen LogP contribution in [0.15, 0.2) is 22.6 Å². The average Bonchev–Trinajstić information content (AvgIpc) is 2.72. The van der Waals surface area contributed by atoms with Gasteiger partial charge in [-0.05, 0) is 12.1 Å². The van der Waals surface area contributed by atoms with Gasteiger partial charge in [0.05, 0.1) is 6.21 Å². The van der Waals surface area contributed by atoms with Crippen LogP contribution in [0.2, 0.25) is 0 Å². The van der Waals surface area contributed by atoms with Crippen molar-refractivity contribution >= 4 is 28.5 Å². The predicted molar refractivity (Wildman–Crippen MR) is 64.1 cm³/mol. The van der Waals surface area contributed by atoms with Crippen molar-refractivity contribution in [1.82, 2.24) is 4.98 Å². The number of nitrogens with zero attached hydrogens (tertiary/aromatic N) is 2. The van der Waals surface area contributed by atoms with Gasteiger partial charge in [0.2, 0.25) is 5.13 Å². The van der Waals surface area contributed by atoms with E-state index in [0.29, 0.717) is 10.9 Å². The second kappa shape index (κ2) is 5.05. The highest BCUT2D eigenvalue weighted by Crippen LogP contribution is 2.16. The van der Waals surface area contributed by atoms with Gasteiger partial charge in [-0.15, -0.1) is 11.3 Å². The SMILES string of the molecule is Nc1csc(NN=Cc2cc(F)c(F)c(F)c2)n1. The van der Waals surface area contributed by atoms with Gasteiger partial charge in [-0.25, -0.2) is 18.2 Å². The van der Waals surface area contributed by atoms with E-state index < -0.39 is 17.5 Å². The fourth-order valence-electron chi connectivity index (χ4n) is 1.15. The minimum absolute atomic E-state index is 0.0865. The van der Waals surface area contributed by atoms with Crippen LogP contribution >= 0.6 is 11.3 Å². The predicted octanol–water partition coefficient (Wildman–Crippen LogP) is 2.59. The summed E-state index contributed by atoms with van der Waals surface area (Å²) in [5.41, 5.74) is 8.00. The molecule has 0 saturated carbocycles. The van der Waals surface area contributed by atoms with E-state index in [9.17, 15) is 13.2 Å². The van der Waals surface area contributed by atoms with Crippen molar-refractivity contribution in [2.75, 3.05) is 11.2 Å². The highest BCUT2D eigenvalue weighted by atomic mass is 32.1. The number of nitrogens with two attached hydrogens (primary N) is 1. The molecule has 2 rings (SSSR count). The zero-order valence-corrected chi connectivity index (χ0v) is 9.64. The van der Waals surface area contributed by atoms with Gasteiger partial charge in [0.15, 0.2) is 17.5 Å². The van der Waals surface area contributed by atoms with Gasteiger partial charge in [0.1, 0.15) is 5.82 Å². The minimum Gasteiger partial charge on any atom is -0.383 e. The van der Waals surface area contributed by atoms with E-state index in [1.54, 1.807) is 5.38 Å². The number of rotatable bonds is 3. The number of halogens is 3. The Balaban J connectivity index is 2.09. The van der Waals surface area contributed by atoms with Crippen LogP contribution in [0.5, 0.6) is 0 Å². The smallest absolute Gasteiger partial charge is 0.205 e. The van der Waals surface area contributed by atoms with Crippen molar-refractivity contribution in [3.05, 3.63) is 40.5 Å². The molecule has 0 fully saturated rings. The molecule has 1 heterocycles. The summed E-state index contributed by atoms with van der Waals surface area (Å²) in [7, 11) is 0. The van der Waals surface area contributed by atoms with Crippen LogP contribution in [-0.4, -0.2) is 11.2 Å². The van der Waals surface area contributed by atoms with Crippen LogP contribution in [0.1, 0.15) is 5.56 Å². The van der Waals surface area contributed by atoms with Crippen LogP contribution in [0.4, 0.5) is 24.1 Å². The number of nitrogens with one attached hydrogen (secondary N) is 1. The first-order valence-electron chi connectivity index (χ1n) is 4.71. The third kappa shape index (κ3) is 2.77.